The van der Waals surface area contributed by atoms with Crippen molar-refractivity contribution >= 4 is 0 Å². The summed E-state index contributed by atoms with van der Waals surface area (Å²) in [6, 6.07) is 8.54. The van der Waals surface area contributed by atoms with Gasteiger partial charge in [0.05, 0.1) is 0 Å². The fourth-order valence-corrected chi connectivity index (χ4v) is 0.855. The predicted octanol–water partition coefficient (Wildman–Crippen LogP) is 1.51. The van der Waals surface area contributed by atoms with Crippen LogP contribution in [0.25, 0.3) is 0 Å². The van der Waals surface area contributed by atoms with Gasteiger partial charge in [0, 0.05) is 6.54 Å². The first-order valence-corrected chi connectivity index (χ1v) is 3.81. The Morgan fingerprint density at radius 2 is 2.50 bits per heavy atom. The van der Waals surface area contributed by atoms with E-state index < -0.39 is 0 Å². The Balaban J connectivity index is 2.65. The number of ether oxygens (including phenoxy) is 1. The lowest BCUT2D eigenvalue weighted by Gasteiger charge is -2.03. The summed E-state index contributed by atoms with van der Waals surface area (Å²) >= 11 is 0. The third-order valence-electron chi connectivity index (χ3n) is 1.42. The highest BCUT2D eigenvalue weighted by Gasteiger charge is 1.93. The average Bonchev–Trinajstić information content (AvgIpc) is 2.15. The van der Waals surface area contributed by atoms with E-state index in [9.17, 15) is 0 Å². The maximum absolute atomic E-state index is 5.44. The van der Waals surface area contributed by atoms with Crippen molar-refractivity contribution in [3.63, 3.8) is 0 Å². The molecule has 1 radical (unpaired) electrons. The van der Waals surface area contributed by atoms with Crippen molar-refractivity contribution in [1.29, 1.82) is 0 Å². The second kappa shape index (κ2) is 4.57. The van der Waals surface area contributed by atoms with Crippen LogP contribution in [-0.4, -0.2) is 6.61 Å². The molecule has 2 nitrogen and oxygen atoms in total. The van der Waals surface area contributed by atoms with Crippen LogP contribution in [0.1, 0.15) is 5.56 Å². The van der Waals surface area contributed by atoms with Crippen LogP contribution in [0.5, 0.6) is 5.75 Å². The topological polar surface area (TPSA) is 35.2 Å². The molecule has 0 unspecified atom stereocenters. The highest BCUT2D eigenvalue weighted by molar-refractivity contribution is 5.27. The lowest BCUT2D eigenvalue weighted by atomic mass is 10.2. The summed E-state index contributed by atoms with van der Waals surface area (Å²) in [4.78, 5) is 0. The molecule has 2 heteroatoms. The van der Waals surface area contributed by atoms with Crippen LogP contribution in [0.4, 0.5) is 0 Å². The zero-order valence-electron chi connectivity index (χ0n) is 6.92. The molecule has 0 spiro atoms. The Bertz CT molecular complexity index is 258. The number of rotatable bonds is 4. The molecule has 0 fully saturated rings. The van der Waals surface area contributed by atoms with Gasteiger partial charge in [-0.1, -0.05) is 18.7 Å². The molecule has 0 bridgehead atoms. The van der Waals surface area contributed by atoms with E-state index in [4.69, 9.17) is 10.5 Å². The van der Waals surface area contributed by atoms with E-state index in [1.807, 2.05) is 12.1 Å². The number of nitrogens with two attached hydrogens (primary N) is 1. The third-order valence-corrected chi connectivity index (χ3v) is 1.42. The molecule has 0 aliphatic heterocycles. The molecule has 2 N–H and O–H groups in total. The van der Waals surface area contributed by atoms with Gasteiger partial charge in [-0.15, -0.1) is 0 Å². The van der Waals surface area contributed by atoms with Crippen LogP contribution >= 0.6 is 0 Å². The van der Waals surface area contributed by atoms with E-state index in [2.05, 4.69) is 12.6 Å². The molecule has 0 heterocycles. The summed E-state index contributed by atoms with van der Waals surface area (Å²) in [5, 5.41) is 0. The molecular weight excluding hydrogens is 150 g/mol. The maximum Gasteiger partial charge on any atom is 0.120 e. The van der Waals surface area contributed by atoms with Gasteiger partial charge in [0.25, 0.3) is 0 Å². The standard InChI is InChI=1S/C10H12NO/c1-2-6-12-10-5-3-4-9(7-10)8-11/h2-3,5,7H,1,6,8,11H2. The molecule has 0 aromatic heterocycles. The Kier molecular flexibility index (Phi) is 3.35. The van der Waals surface area contributed by atoms with E-state index in [0.29, 0.717) is 13.2 Å². The first-order chi connectivity index (χ1) is 5.86. The van der Waals surface area contributed by atoms with Gasteiger partial charge in [-0.25, -0.2) is 0 Å². The van der Waals surface area contributed by atoms with Crippen LogP contribution in [0, 0.1) is 6.07 Å². The second-order valence-electron chi connectivity index (χ2n) is 2.35. The number of hydrogen-bond donors (Lipinski definition) is 1. The number of hydrogen-bond acceptors (Lipinski definition) is 2. The van der Waals surface area contributed by atoms with Crippen molar-refractivity contribution in [1.82, 2.24) is 0 Å². The Labute approximate surface area is 72.7 Å². The van der Waals surface area contributed by atoms with Crippen molar-refractivity contribution in [3.05, 3.63) is 42.5 Å². The second-order valence-corrected chi connectivity index (χ2v) is 2.35. The monoisotopic (exact) mass is 162 g/mol. The Morgan fingerprint density at radius 3 is 3.17 bits per heavy atom. The lowest BCUT2D eigenvalue weighted by molar-refractivity contribution is 0.363. The van der Waals surface area contributed by atoms with Gasteiger partial charge >= 0.3 is 0 Å². The first-order valence-electron chi connectivity index (χ1n) is 3.81. The summed E-state index contributed by atoms with van der Waals surface area (Å²) in [5.41, 5.74) is 6.40. The van der Waals surface area contributed by atoms with Crippen molar-refractivity contribution in [2.45, 2.75) is 6.54 Å². The van der Waals surface area contributed by atoms with E-state index in [1.54, 1.807) is 12.1 Å². The Hall–Kier alpha value is -1.28. The smallest absolute Gasteiger partial charge is 0.120 e. The minimum atomic E-state index is 0.491. The zero-order chi connectivity index (χ0) is 8.81. The molecule has 0 atom stereocenters. The van der Waals surface area contributed by atoms with E-state index in [0.717, 1.165) is 11.3 Å². The molecule has 0 aliphatic rings. The first kappa shape index (κ1) is 8.81. The molecule has 1 rings (SSSR count). The van der Waals surface area contributed by atoms with Crippen LogP contribution in [0.3, 0.4) is 0 Å². The van der Waals surface area contributed by atoms with Crippen LogP contribution < -0.4 is 10.5 Å². The van der Waals surface area contributed by atoms with Crippen molar-refractivity contribution < 1.29 is 4.74 Å². The van der Waals surface area contributed by atoms with E-state index >= 15 is 0 Å². The largest absolute Gasteiger partial charge is 0.490 e. The highest BCUT2D eigenvalue weighted by atomic mass is 16.5. The van der Waals surface area contributed by atoms with Gasteiger partial charge in [-0.05, 0) is 23.8 Å². The molecule has 1 aromatic rings. The van der Waals surface area contributed by atoms with Crippen LogP contribution in [0.2, 0.25) is 0 Å². The summed E-state index contributed by atoms with van der Waals surface area (Å²) in [7, 11) is 0. The van der Waals surface area contributed by atoms with Crippen LogP contribution in [-0.2, 0) is 6.54 Å². The third kappa shape index (κ3) is 2.40. The predicted molar refractivity (Wildman–Crippen MR) is 48.9 cm³/mol. The SMILES string of the molecule is C=CCOc1cc[c]c(CN)c1. The molecule has 0 amide bonds. The highest BCUT2D eigenvalue weighted by Crippen LogP contribution is 2.11. The summed E-state index contributed by atoms with van der Waals surface area (Å²) in [6.07, 6.45) is 1.71. The molecule has 0 saturated heterocycles. The molecular formula is C10H12NO. The lowest BCUT2D eigenvalue weighted by Crippen LogP contribution is -1.98. The van der Waals surface area contributed by atoms with E-state index in [-0.39, 0.29) is 0 Å². The molecule has 1 aromatic carbocycles. The van der Waals surface area contributed by atoms with Crippen molar-refractivity contribution in [2.24, 2.45) is 5.73 Å². The van der Waals surface area contributed by atoms with Gasteiger partial charge in [0.2, 0.25) is 0 Å². The van der Waals surface area contributed by atoms with Crippen LogP contribution in [0.15, 0.2) is 30.9 Å². The van der Waals surface area contributed by atoms with Crippen molar-refractivity contribution in [3.8, 4) is 5.75 Å². The van der Waals surface area contributed by atoms with Gasteiger partial charge in [-0.2, -0.15) is 0 Å². The Morgan fingerprint density at radius 1 is 1.67 bits per heavy atom. The summed E-state index contributed by atoms with van der Waals surface area (Å²) < 4.78 is 5.30. The van der Waals surface area contributed by atoms with Gasteiger partial charge in [0.15, 0.2) is 0 Å². The minimum Gasteiger partial charge on any atom is -0.490 e. The van der Waals surface area contributed by atoms with Gasteiger partial charge in [0.1, 0.15) is 12.4 Å². The normalized spacial score (nSPS) is 9.42. The minimum absolute atomic E-state index is 0.491. The van der Waals surface area contributed by atoms with Gasteiger partial charge < -0.3 is 10.5 Å². The molecule has 0 saturated carbocycles. The van der Waals surface area contributed by atoms with Gasteiger partial charge in [-0.3, -0.25) is 0 Å². The summed E-state index contributed by atoms with van der Waals surface area (Å²) in [6.45, 7) is 4.57. The molecule has 0 aliphatic carbocycles. The van der Waals surface area contributed by atoms with Crippen molar-refractivity contribution in [2.75, 3.05) is 6.61 Å². The summed E-state index contributed by atoms with van der Waals surface area (Å²) in [5.74, 6) is 0.814. The molecule has 12 heavy (non-hydrogen) atoms. The molecule has 63 valence electrons. The zero-order valence-corrected chi connectivity index (χ0v) is 6.92. The average molecular weight is 162 g/mol. The number of benzene rings is 1. The fraction of sp³-hybridized carbons (Fsp3) is 0.200. The quantitative estimate of drug-likeness (QED) is 0.681. The van der Waals surface area contributed by atoms with E-state index in [1.165, 1.54) is 0 Å². The maximum atomic E-state index is 5.44. The fourth-order valence-electron chi connectivity index (χ4n) is 0.855.